The molecular weight excluding hydrogens is 288 g/mol. The van der Waals surface area contributed by atoms with Gasteiger partial charge in [-0.2, -0.15) is 0 Å². The van der Waals surface area contributed by atoms with Crippen LogP contribution in [-0.4, -0.2) is 36.9 Å². The summed E-state index contributed by atoms with van der Waals surface area (Å²) < 4.78 is 0. The van der Waals surface area contributed by atoms with E-state index in [4.69, 9.17) is 11.6 Å². The molecule has 0 atom stereocenters. The van der Waals surface area contributed by atoms with Crippen LogP contribution in [0, 0.1) is 0 Å². The Morgan fingerprint density at radius 3 is 2.81 bits per heavy atom. The Bertz CT molecular complexity index is 545. The number of hydrogen-bond donors (Lipinski definition) is 0. The highest BCUT2D eigenvalue weighted by Crippen LogP contribution is 2.29. The van der Waals surface area contributed by atoms with Crippen molar-refractivity contribution in [2.45, 2.75) is 32.6 Å². The van der Waals surface area contributed by atoms with Crippen LogP contribution in [0.25, 0.3) is 0 Å². The van der Waals surface area contributed by atoms with Crippen molar-refractivity contribution in [3.8, 4) is 0 Å². The predicted octanol–water partition coefficient (Wildman–Crippen LogP) is 3.34. The molecule has 0 unspecified atom stereocenters. The second-order valence-electron chi connectivity index (χ2n) is 5.39. The Balaban J connectivity index is 2.30. The summed E-state index contributed by atoms with van der Waals surface area (Å²) in [5.74, 6) is -0.00246. The summed E-state index contributed by atoms with van der Waals surface area (Å²) >= 11 is 6.05. The first-order valence-corrected chi connectivity index (χ1v) is 7.77. The lowest BCUT2D eigenvalue weighted by Gasteiger charge is -2.23. The van der Waals surface area contributed by atoms with Gasteiger partial charge in [0.15, 0.2) is 0 Å². The summed E-state index contributed by atoms with van der Waals surface area (Å²) in [6, 6.07) is 5.13. The molecule has 1 aromatic carbocycles. The van der Waals surface area contributed by atoms with Crippen LogP contribution < -0.4 is 4.90 Å². The number of rotatable bonds is 5. The maximum Gasteiger partial charge on any atom is 0.255 e. The predicted molar refractivity (Wildman–Crippen MR) is 84.9 cm³/mol. The van der Waals surface area contributed by atoms with E-state index < -0.39 is 0 Å². The van der Waals surface area contributed by atoms with Gasteiger partial charge in [0.1, 0.15) is 0 Å². The van der Waals surface area contributed by atoms with E-state index in [2.05, 4.69) is 6.92 Å². The number of hydrogen-bond acceptors (Lipinski definition) is 2. The Kier molecular flexibility index (Phi) is 5.23. The monoisotopic (exact) mass is 308 g/mol. The molecule has 0 radical (unpaired) electrons. The van der Waals surface area contributed by atoms with Crippen molar-refractivity contribution < 1.29 is 9.59 Å². The molecule has 0 N–H and O–H groups in total. The number of carbonyl (C=O) groups is 2. The van der Waals surface area contributed by atoms with Gasteiger partial charge in [0.2, 0.25) is 5.91 Å². The first kappa shape index (κ1) is 15.8. The van der Waals surface area contributed by atoms with Crippen molar-refractivity contribution in [3.63, 3.8) is 0 Å². The second-order valence-corrected chi connectivity index (χ2v) is 5.83. The van der Waals surface area contributed by atoms with E-state index in [1.165, 1.54) is 0 Å². The molecule has 114 valence electrons. The smallest absolute Gasteiger partial charge is 0.255 e. The van der Waals surface area contributed by atoms with Gasteiger partial charge in [-0.1, -0.05) is 24.9 Å². The van der Waals surface area contributed by atoms with Crippen molar-refractivity contribution in [3.05, 3.63) is 28.8 Å². The lowest BCUT2D eigenvalue weighted by atomic mass is 10.1. The van der Waals surface area contributed by atoms with Crippen molar-refractivity contribution in [1.82, 2.24) is 4.90 Å². The molecule has 4 nitrogen and oxygen atoms in total. The van der Waals surface area contributed by atoms with Crippen LogP contribution in [0.4, 0.5) is 5.69 Å². The molecule has 1 fully saturated rings. The fourth-order valence-electron chi connectivity index (χ4n) is 2.51. The van der Waals surface area contributed by atoms with Gasteiger partial charge in [0.25, 0.3) is 5.91 Å². The van der Waals surface area contributed by atoms with Gasteiger partial charge in [-0.25, -0.2) is 0 Å². The molecule has 0 spiro atoms. The average molecular weight is 309 g/mol. The first-order chi connectivity index (χ1) is 10.0. The number of unbranched alkanes of at least 4 members (excludes halogenated alkanes) is 1. The van der Waals surface area contributed by atoms with Crippen molar-refractivity contribution >= 4 is 29.1 Å². The minimum absolute atomic E-state index is 0.0579. The van der Waals surface area contributed by atoms with Gasteiger partial charge in [-0.3, -0.25) is 9.59 Å². The number of amides is 2. The largest absolute Gasteiger partial charge is 0.342 e. The zero-order valence-corrected chi connectivity index (χ0v) is 13.3. The van der Waals surface area contributed by atoms with Crippen molar-refractivity contribution in [1.29, 1.82) is 0 Å². The summed E-state index contributed by atoms with van der Waals surface area (Å²) in [6.07, 6.45) is 3.36. The van der Waals surface area contributed by atoms with Crippen LogP contribution in [0.15, 0.2) is 18.2 Å². The van der Waals surface area contributed by atoms with E-state index in [1.54, 1.807) is 35.0 Å². The molecule has 0 aliphatic carbocycles. The van der Waals surface area contributed by atoms with E-state index in [-0.39, 0.29) is 11.8 Å². The van der Waals surface area contributed by atoms with Crippen LogP contribution in [0.1, 0.15) is 43.0 Å². The van der Waals surface area contributed by atoms with Crippen LogP contribution in [0.5, 0.6) is 0 Å². The molecule has 0 saturated carbocycles. The third kappa shape index (κ3) is 3.56. The molecule has 0 aromatic heterocycles. The number of benzene rings is 1. The standard InChI is InChI=1S/C16H21ClN2O2/c1-3-4-9-18(2)16(21)13-8-7-12(17)11-14(13)19-10-5-6-15(19)20/h7-8,11H,3-6,9-10H2,1-2H3. The third-order valence-electron chi connectivity index (χ3n) is 3.75. The Morgan fingerprint density at radius 2 is 2.19 bits per heavy atom. The van der Waals surface area contributed by atoms with Gasteiger partial charge < -0.3 is 9.80 Å². The maximum absolute atomic E-state index is 12.6. The Hall–Kier alpha value is -1.55. The first-order valence-electron chi connectivity index (χ1n) is 7.40. The zero-order valence-electron chi connectivity index (χ0n) is 12.6. The lowest BCUT2D eigenvalue weighted by molar-refractivity contribution is -0.117. The van der Waals surface area contributed by atoms with E-state index in [0.717, 1.165) is 19.3 Å². The maximum atomic E-state index is 12.6. The van der Waals surface area contributed by atoms with Crippen LogP contribution in [0.3, 0.4) is 0 Å². The van der Waals surface area contributed by atoms with Gasteiger partial charge in [0.05, 0.1) is 11.3 Å². The quantitative estimate of drug-likeness (QED) is 0.837. The molecule has 2 rings (SSSR count). The van der Waals surface area contributed by atoms with Gasteiger partial charge in [0, 0.05) is 31.6 Å². The summed E-state index contributed by atoms with van der Waals surface area (Å²) in [5, 5.41) is 0.539. The molecule has 1 aliphatic heterocycles. The Labute approximate surface area is 130 Å². The normalized spacial score (nSPS) is 14.6. The summed E-state index contributed by atoms with van der Waals surface area (Å²) in [4.78, 5) is 27.9. The fraction of sp³-hybridized carbons (Fsp3) is 0.500. The zero-order chi connectivity index (χ0) is 15.4. The summed E-state index contributed by atoms with van der Waals surface area (Å²) in [6.45, 7) is 3.46. The Morgan fingerprint density at radius 1 is 1.43 bits per heavy atom. The van der Waals surface area contributed by atoms with Crippen molar-refractivity contribution in [2.75, 3.05) is 25.0 Å². The summed E-state index contributed by atoms with van der Waals surface area (Å²) in [5.41, 5.74) is 1.19. The highest BCUT2D eigenvalue weighted by molar-refractivity contribution is 6.31. The number of nitrogens with zero attached hydrogens (tertiary/aromatic N) is 2. The van der Waals surface area contributed by atoms with Crippen molar-refractivity contribution in [2.24, 2.45) is 0 Å². The van der Waals surface area contributed by atoms with Crippen LogP contribution >= 0.6 is 11.6 Å². The van der Waals surface area contributed by atoms with Crippen LogP contribution in [0.2, 0.25) is 5.02 Å². The number of anilines is 1. The lowest BCUT2D eigenvalue weighted by Crippen LogP contribution is -2.31. The molecular formula is C16H21ClN2O2. The van der Waals surface area contributed by atoms with Gasteiger partial charge >= 0.3 is 0 Å². The highest BCUT2D eigenvalue weighted by atomic mass is 35.5. The van der Waals surface area contributed by atoms with E-state index >= 15 is 0 Å². The van der Waals surface area contributed by atoms with E-state index in [9.17, 15) is 9.59 Å². The molecule has 1 aliphatic rings. The molecule has 1 heterocycles. The molecule has 0 bridgehead atoms. The van der Waals surface area contributed by atoms with Gasteiger partial charge in [-0.05, 0) is 31.0 Å². The fourth-order valence-corrected chi connectivity index (χ4v) is 2.68. The minimum Gasteiger partial charge on any atom is -0.342 e. The molecule has 1 saturated heterocycles. The molecule has 1 aromatic rings. The number of halogens is 1. The second kappa shape index (κ2) is 6.94. The third-order valence-corrected chi connectivity index (χ3v) is 3.98. The topological polar surface area (TPSA) is 40.6 Å². The molecule has 5 heteroatoms. The molecule has 2 amide bonds. The van der Waals surface area contributed by atoms with E-state index in [1.807, 2.05) is 0 Å². The SMILES string of the molecule is CCCCN(C)C(=O)c1ccc(Cl)cc1N1CCCC1=O. The van der Waals surface area contributed by atoms with Crippen LogP contribution in [-0.2, 0) is 4.79 Å². The summed E-state index contributed by atoms with van der Waals surface area (Å²) in [7, 11) is 1.79. The molecule has 21 heavy (non-hydrogen) atoms. The van der Waals surface area contributed by atoms with E-state index in [0.29, 0.717) is 35.8 Å². The number of carbonyl (C=O) groups excluding carboxylic acids is 2. The van der Waals surface area contributed by atoms with Gasteiger partial charge in [-0.15, -0.1) is 0 Å². The minimum atomic E-state index is -0.0604. The highest BCUT2D eigenvalue weighted by Gasteiger charge is 2.27. The average Bonchev–Trinajstić information content (AvgIpc) is 2.90.